The van der Waals surface area contributed by atoms with Gasteiger partial charge >= 0.3 is 0 Å². The highest BCUT2D eigenvalue weighted by molar-refractivity contribution is 5.74. The highest BCUT2D eigenvalue weighted by Gasteiger charge is 2.09. The molecule has 1 heterocycles. The molecule has 1 atom stereocenters. The van der Waals surface area contributed by atoms with Gasteiger partial charge in [0.05, 0.1) is 5.69 Å². The highest BCUT2D eigenvalue weighted by Crippen LogP contribution is 2.26. The smallest absolute Gasteiger partial charge is 0.0701 e. The van der Waals surface area contributed by atoms with Gasteiger partial charge < -0.3 is 0 Å². The Kier molecular flexibility index (Phi) is 2.49. The monoisotopic (exact) mass is 185 g/mol. The molecule has 1 aliphatic carbocycles. The standard InChI is InChI=1S/C13H15N/c1-3-11-9-10(2)6-7-13-12(11)5-4-8-14-13/h4-10H,3H2,1-2H3. The van der Waals surface area contributed by atoms with Crippen LogP contribution in [0.15, 0.2) is 30.5 Å². The molecule has 0 aromatic carbocycles. The fourth-order valence-electron chi connectivity index (χ4n) is 1.84. The van der Waals surface area contributed by atoms with Crippen molar-refractivity contribution in [1.29, 1.82) is 0 Å². The Bertz CT molecular complexity index is 388. The third kappa shape index (κ3) is 1.63. The number of hydrogen-bond donors (Lipinski definition) is 0. The first-order valence-corrected chi connectivity index (χ1v) is 5.15. The Labute approximate surface area is 85.2 Å². The van der Waals surface area contributed by atoms with Gasteiger partial charge in [-0.15, -0.1) is 0 Å². The molecule has 0 saturated heterocycles. The van der Waals surface area contributed by atoms with Crippen LogP contribution >= 0.6 is 0 Å². The first-order chi connectivity index (χ1) is 6.81. The molecule has 2 rings (SSSR count). The highest BCUT2D eigenvalue weighted by atomic mass is 14.7. The summed E-state index contributed by atoms with van der Waals surface area (Å²) in [5, 5.41) is 0. The van der Waals surface area contributed by atoms with Gasteiger partial charge in [0, 0.05) is 11.8 Å². The summed E-state index contributed by atoms with van der Waals surface area (Å²) in [6, 6.07) is 4.16. The number of hydrogen-bond acceptors (Lipinski definition) is 1. The average Bonchev–Trinajstić information content (AvgIpc) is 2.38. The molecular weight excluding hydrogens is 170 g/mol. The molecule has 0 N–H and O–H groups in total. The molecule has 0 fully saturated rings. The fraction of sp³-hybridized carbons (Fsp3) is 0.308. The number of aromatic nitrogens is 1. The van der Waals surface area contributed by atoms with Gasteiger partial charge in [0.1, 0.15) is 0 Å². The lowest BCUT2D eigenvalue weighted by Gasteiger charge is -2.06. The zero-order chi connectivity index (χ0) is 9.97. The molecule has 1 aromatic rings. The van der Waals surface area contributed by atoms with Crippen LogP contribution in [0.3, 0.4) is 0 Å². The Morgan fingerprint density at radius 3 is 3.07 bits per heavy atom. The van der Waals surface area contributed by atoms with Gasteiger partial charge in [-0.05, 0) is 30.1 Å². The predicted molar refractivity (Wildman–Crippen MR) is 60.7 cm³/mol. The van der Waals surface area contributed by atoms with E-state index in [9.17, 15) is 0 Å². The van der Waals surface area contributed by atoms with Crippen LogP contribution in [-0.2, 0) is 0 Å². The number of nitrogens with zero attached hydrogens (tertiary/aromatic N) is 1. The Hall–Kier alpha value is -1.37. The van der Waals surface area contributed by atoms with Gasteiger partial charge in [-0.3, -0.25) is 4.98 Å². The van der Waals surface area contributed by atoms with Crippen molar-refractivity contribution in [1.82, 2.24) is 4.98 Å². The molecule has 0 saturated carbocycles. The van der Waals surface area contributed by atoms with E-state index >= 15 is 0 Å². The van der Waals surface area contributed by atoms with Crippen LogP contribution in [-0.4, -0.2) is 4.98 Å². The summed E-state index contributed by atoms with van der Waals surface area (Å²) in [6.07, 6.45) is 9.58. The maximum Gasteiger partial charge on any atom is 0.0701 e. The number of allylic oxidation sites excluding steroid dienone is 3. The summed E-state index contributed by atoms with van der Waals surface area (Å²) in [6.45, 7) is 4.40. The first-order valence-electron chi connectivity index (χ1n) is 5.15. The third-order valence-electron chi connectivity index (χ3n) is 2.59. The van der Waals surface area contributed by atoms with Crippen molar-refractivity contribution in [2.24, 2.45) is 5.92 Å². The van der Waals surface area contributed by atoms with Crippen LogP contribution in [0.2, 0.25) is 0 Å². The number of fused-ring (bicyclic) bond motifs is 1. The molecule has 14 heavy (non-hydrogen) atoms. The lowest BCUT2D eigenvalue weighted by Crippen LogP contribution is -1.90. The molecule has 1 aliphatic rings. The summed E-state index contributed by atoms with van der Waals surface area (Å²) in [7, 11) is 0. The second-order valence-corrected chi connectivity index (χ2v) is 3.70. The SMILES string of the molecule is CCC1=CC(C)C=Cc2ncccc21. The third-order valence-corrected chi connectivity index (χ3v) is 2.59. The number of rotatable bonds is 1. The topological polar surface area (TPSA) is 12.9 Å². The van der Waals surface area contributed by atoms with Crippen LogP contribution < -0.4 is 0 Å². The van der Waals surface area contributed by atoms with Gasteiger partial charge in [-0.2, -0.15) is 0 Å². The lowest BCUT2D eigenvalue weighted by molar-refractivity contribution is 0.944. The summed E-state index contributed by atoms with van der Waals surface area (Å²) in [5.41, 5.74) is 3.80. The van der Waals surface area contributed by atoms with Crippen LogP contribution in [0.5, 0.6) is 0 Å². The van der Waals surface area contributed by atoms with Crippen molar-refractivity contribution in [3.05, 3.63) is 41.7 Å². The zero-order valence-electron chi connectivity index (χ0n) is 8.70. The molecule has 1 nitrogen and oxygen atoms in total. The van der Waals surface area contributed by atoms with E-state index in [0.717, 1.165) is 12.1 Å². The van der Waals surface area contributed by atoms with E-state index in [4.69, 9.17) is 0 Å². The van der Waals surface area contributed by atoms with Crippen molar-refractivity contribution in [3.63, 3.8) is 0 Å². The van der Waals surface area contributed by atoms with Crippen LogP contribution in [0, 0.1) is 5.92 Å². The molecule has 0 aliphatic heterocycles. The molecule has 1 aromatic heterocycles. The van der Waals surface area contributed by atoms with Crippen molar-refractivity contribution in [2.45, 2.75) is 20.3 Å². The molecule has 0 amide bonds. The minimum Gasteiger partial charge on any atom is -0.256 e. The van der Waals surface area contributed by atoms with Gasteiger partial charge in [0.25, 0.3) is 0 Å². The van der Waals surface area contributed by atoms with E-state index in [2.05, 4.69) is 43.1 Å². The molecule has 0 spiro atoms. The van der Waals surface area contributed by atoms with E-state index in [1.807, 2.05) is 12.3 Å². The molecular formula is C13H15N. The minimum absolute atomic E-state index is 0.513. The van der Waals surface area contributed by atoms with Crippen LogP contribution in [0.25, 0.3) is 11.6 Å². The molecule has 0 radical (unpaired) electrons. The van der Waals surface area contributed by atoms with E-state index in [1.54, 1.807) is 0 Å². The first kappa shape index (κ1) is 9.20. The molecule has 1 heteroatoms. The largest absolute Gasteiger partial charge is 0.256 e. The molecule has 1 unspecified atom stereocenters. The molecule has 0 bridgehead atoms. The van der Waals surface area contributed by atoms with Gasteiger partial charge in [-0.1, -0.05) is 32.1 Å². The maximum atomic E-state index is 4.38. The van der Waals surface area contributed by atoms with E-state index in [-0.39, 0.29) is 0 Å². The summed E-state index contributed by atoms with van der Waals surface area (Å²) in [4.78, 5) is 4.38. The Balaban J connectivity index is 2.56. The summed E-state index contributed by atoms with van der Waals surface area (Å²) >= 11 is 0. The second-order valence-electron chi connectivity index (χ2n) is 3.70. The summed E-state index contributed by atoms with van der Waals surface area (Å²) in [5.74, 6) is 0.513. The normalized spacial score (nSPS) is 19.9. The second kappa shape index (κ2) is 3.79. The quantitative estimate of drug-likeness (QED) is 0.652. The van der Waals surface area contributed by atoms with Crippen LogP contribution in [0.1, 0.15) is 31.5 Å². The van der Waals surface area contributed by atoms with E-state index < -0.39 is 0 Å². The van der Waals surface area contributed by atoms with Gasteiger partial charge in [-0.25, -0.2) is 0 Å². The lowest BCUT2D eigenvalue weighted by atomic mass is 10.0. The number of pyridine rings is 1. The Morgan fingerprint density at radius 1 is 1.43 bits per heavy atom. The van der Waals surface area contributed by atoms with E-state index in [0.29, 0.717) is 5.92 Å². The van der Waals surface area contributed by atoms with Crippen molar-refractivity contribution >= 4 is 11.6 Å². The fourth-order valence-corrected chi connectivity index (χ4v) is 1.84. The zero-order valence-corrected chi connectivity index (χ0v) is 8.70. The van der Waals surface area contributed by atoms with Crippen molar-refractivity contribution in [2.75, 3.05) is 0 Å². The van der Waals surface area contributed by atoms with Gasteiger partial charge in [0.2, 0.25) is 0 Å². The van der Waals surface area contributed by atoms with E-state index in [1.165, 1.54) is 11.1 Å². The molecule has 72 valence electrons. The van der Waals surface area contributed by atoms with Crippen molar-refractivity contribution in [3.8, 4) is 0 Å². The Morgan fingerprint density at radius 2 is 2.29 bits per heavy atom. The van der Waals surface area contributed by atoms with Crippen molar-refractivity contribution < 1.29 is 0 Å². The predicted octanol–water partition coefficient (Wildman–Crippen LogP) is 3.54. The maximum absolute atomic E-state index is 4.38. The van der Waals surface area contributed by atoms with Gasteiger partial charge in [0.15, 0.2) is 0 Å². The average molecular weight is 185 g/mol. The summed E-state index contributed by atoms with van der Waals surface area (Å²) < 4.78 is 0. The minimum atomic E-state index is 0.513. The van der Waals surface area contributed by atoms with Crippen LogP contribution in [0.4, 0.5) is 0 Å².